The SMILES string of the molecule is CCCC(=O)NCCCN=[N+]=[N-]. The van der Waals surface area contributed by atoms with Crippen LogP contribution in [0.3, 0.4) is 0 Å². The zero-order chi connectivity index (χ0) is 9.23. The van der Waals surface area contributed by atoms with Gasteiger partial charge in [0.25, 0.3) is 0 Å². The van der Waals surface area contributed by atoms with Crippen molar-refractivity contribution in [3.05, 3.63) is 10.4 Å². The molecule has 0 radical (unpaired) electrons. The molecule has 0 saturated carbocycles. The lowest BCUT2D eigenvalue weighted by molar-refractivity contribution is -0.121. The molecule has 5 nitrogen and oxygen atoms in total. The van der Waals surface area contributed by atoms with Crippen LogP contribution in [-0.4, -0.2) is 19.0 Å². The van der Waals surface area contributed by atoms with E-state index in [1.54, 1.807) is 0 Å². The molecule has 0 bridgehead atoms. The zero-order valence-corrected chi connectivity index (χ0v) is 7.29. The Labute approximate surface area is 71.8 Å². The van der Waals surface area contributed by atoms with Crippen molar-refractivity contribution in [2.75, 3.05) is 13.1 Å². The number of azide groups is 1. The third-order valence-corrected chi connectivity index (χ3v) is 1.30. The summed E-state index contributed by atoms with van der Waals surface area (Å²) in [5.74, 6) is 0.0680. The number of nitrogens with zero attached hydrogens (tertiary/aromatic N) is 3. The predicted octanol–water partition coefficient (Wildman–Crippen LogP) is 1.60. The van der Waals surface area contributed by atoms with Gasteiger partial charge >= 0.3 is 0 Å². The highest BCUT2D eigenvalue weighted by Gasteiger charge is 1.95. The summed E-state index contributed by atoms with van der Waals surface area (Å²) < 4.78 is 0. The van der Waals surface area contributed by atoms with E-state index in [1.165, 1.54) is 0 Å². The molecule has 0 rings (SSSR count). The van der Waals surface area contributed by atoms with Crippen molar-refractivity contribution in [2.45, 2.75) is 26.2 Å². The van der Waals surface area contributed by atoms with Crippen LogP contribution < -0.4 is 5.32 Å². The fourth-order valence-corrected chi connectivity index (χ4v) is 0.738. The Morgan fingerprint density at radius 3 is 3.00 bits per heavy atom. The van der Waals surface area contributed by atoms with E-state index in [0.29, 0.717) is 25.9 Å². The monoisotopic (exact) mass is 170 g/mol. The third kappa shape index (κ3) is 6.89. The van der Waals surface area contributed by atoms with Gasteiger partial charge in [-0.25, -0.2) is 0 Å². The summed E-state index contributed by atoms with van der Waals surface area (Å²) in [6.45, 7) is 3.00. The largest absolute Gasteiger partial charge is 0.356 e. The molecule has 1 N–H and O–H groups in total. The van der Waals surface area contributed by atoms with Crippen LogP contribution in [0.4, 0.5) is 0 Å². The van der Waals surface area contributed by atoms with Crippen LogP contribution in [-0.2, 0) is 4.79 Å². The van der Waals surface area contributed by atoms with Crippen LogP contribution in [0.25, 0.3) is 10.4 Å². The maximum Gasteiger partial charge on any atom is 0.219 e. The van der Waals surface area contributed by atoms with Crippen molar-refractivity contribution in [2.24, 2.45) is 5.11 Å². The minimum absolute atomic E-state index is 0.0680. The molecule has 0 aliphatic carbocycles. The Kier molecular flexibility index (Phi) is 7.08. The maximum atomic E-state index is 10.9. The molecule has 0 fully saturated rings. The van der Waals surface area contributed by atoms with Gasteiger partial charge in [-0.2, -0.15) is 0 Å². The molecule has 5 heteroatoms. The highest BCUT2D eigenvalue weighted by molar-refractivity contribution is 5.75. The fraction of sp³-hybridized carbons (Fsp3) is 0.857. The second-order valence-electron chi connectivity index (χ2n) is 2.41. The van der Waals surface area contributed by atoms with Gasteiger partial charge < -0.3 is 5.32 Å². The normalized spacial score (nSPS) is 8.75. The van der Waals surface area contributed by atoms with E-state index in [-0.39, 0.29) is 5.91 Å². The summed E-state index contributed by atoms with van der Waals surface area (Å²) in [7, 11) is 0. The first kappa shape index (κ1) is 10.8. The first-order chi connectivity index (χ1) is 5.81. The first-order valence-electron chi connectivity index (χ1n) is 4.08. The van der Waals surface area contributed by atoms with E-state index in [0.717, 1.165) is 6.42 Å². The average molecular weight is 170 g/mol. The molecule has 0 heterocycles. The second kappa shape index (κ2) is 7.88. The molecule has 0 aromatic heterocycles. The lowest BCUT2D eigenvalue weighted by Crippen LogP contribution is -2.24. The number of nitrogens with one attached hydrogen (secondary N) is 1. The Balaban J connectivity index is 3.19. The van der Waals surface area contributed by atoms with Crippen LogP contribution >= 0.6 is 0 Å². The molecular formula is C7H14N4O. The zero-order valence-electron chi connectivity index (χ0n) is 7.29. The van der Waals surface area contributed by atoms with Gasteiger partial charge in [0.05, 0.1) is 0 Å². The minimum atomic E-state index is 0.0680. The van der Waals surface area contributed by atoms with Crippen molar-refractivity contribution in [1.29, 1.82) is 0 Å². The summed E-state index contributed by atoms with van der Waals surface area (Å²) in [4.78, 5) is 13.5. The molecule has 0 aliphatic heterocycles. The number of rotatable bonds is 6. The van der Waals surface area contributed by atoms with Crippen molar-refractivity contribution in [3.8, 4) is 0 Å². The average Bonchev–Trinajstić information content (AvgIpc) is 2.05. The lowest BCUT2D eigenvalue weighted by Gasteiger charge is -2.00. The van der Waals surface area contributed by atoms with Gasteiger partial charge in [-0.15, -0.1) is 0 Å². The quantitative estimate of drug-likeness (QED) is 0.279. The molecule has 0 spiro atoms. The van der Waals surface area contributed by atoms with Gasteiger partial charge in [0.1, 0.15) is 0 Å². The number of carbonyl (C=O) groups excluding carboxylic acids is 1. The fourth-order valence-electron chi connectivity index (χ4n) is 0.738. The van der Waals surface area contributed by atoms with Gasteiger partial charge in [0.15, 0.2) is 0 Å². The first-order valence-corrected chi connectivity index (χ1v) is 4.08. The van der Waals surface area contributed by atoms with E-state index >= 15 is 0 Å². The Bertz CT molecular complexity index is 174. The summed E-state index contributed by atoms with van der Waals surface area (Å²) >= 11 is 0. The minimum Gasteiger partial charge on any atom is -0.356 e. The van der Waals surface area contributed by atoms with Crippen LogP contribution in [0.2, 0.25) is 0 Å². The molecule has 0 aromatic carbocycles. The van der Waals surface area contributed by atoms with Crippen LogP contribution in [0.5, 0.6) is 0 Å². The Morgan fingerprint density at radius 1 is 1.67 bits per heavy atom. The van der Waals surface area contributed by atoms with Crippen LogP contribution in [0, 0.1) is 0 Å². The summed E-state index contributed by atoms with van der Waals surface area (Å²) in [5, 5.41) is 6.06. The molecule has 12 heavy (non-hydrogen) atoms. The predicted molar refractivity (Wildman–Crippen MR) is 46.5 cm³/mol. The van der Waals surface area contributed by atoms with E-state index in [1.807, 2.05) is 6.92 Å². The van der Waals surface area contributed by atoms with Gasteiger partial charge in [-0.05, 0) is 18.4 Å². The topological polar surface area (TPSA) is 77.9 Å². The van der Waals surface area contributed by atoms with Gasteiger partial charge in [0, 0.05) is 24.4 Å². The number of hydrogen-bond donors (Lipinski definition) is 1. The van der Waals surface area contributed by atoms with Crippen LogP contribution in [0.15, 0.2) is 5.11 Å². The number of hydrogen-bond acceptors (Lipinski definition) is 2. The maximum absolute atomic E-state index is 10.9. The number of carbonyl (C=O) groups is 1. The highest BCUT2D eigenvalue weighted by atomic mass is 16.1. The third-order valence-electron chi connectivity index (χ3n) is 1.30. The Hall–Kier alpha value is -1.22. The molecule has 0 aliphatic rings. The van der Waals surface area contributed by atoms with Gasteiger partial charge in [-0.3, -0.25) is 4.79 Å². The van der Waals surface area contributed by atoms with E-state index in [4.69, 9.17) is 5.53 Å². The Morgan fingerprint density at radius 2 is 2.42 bits per heavy atom. The molecule has 0 aromatic rings. The second-order valence-corrected chi connectivity index (χ2v) is 2.41. The lowest BCUT2D eigenvalue weighted by atomic mass is 10.3. The van der Waals surface area contributed by atoms with Gasteiger partial charge in [-0.1, -0.05) is 12.0 Å². The van der Waals surface area contributed by atoms with Crippen molar-refractivity contribution >= 4 is 5.91 Å². The molecule has 0 saturated heterocycles. The van der Waals surface area contributed by atoms with Crippen molar-refractivity contribution < 1.29 is 4.79 Å². The molecule has 0 unspecified atom stereocenters. The summed E-state index contributed by atoms with van der Waals surface area (Å²) in [5.41, 5.74) is 7.93. The van der Waals surface area contributed by atoms with E-state index < -0.39 is 0 Å². The molecule has 0 atom stereocenters. The van der Waals surface area contributed by atoms with Gasteiger partial charge in [0.2, 0.25) is 5.91 Å². The molecule has 1 amide bonds. The summed E-state index contributed by atoms with van der Waals surface area (Å²) in [6.07, 6.45) is 2.14. The van der Waals surface area contributed by atoms with Crippen LogP contribution in [0.1, 0.15) is 26.2 Å². The van der Waals surface area contributed by atoms with E-state index in [9.17, 15) is 4.79 Å². The molecule has 68 valence electrons. The standard InChI is InChI=1S/C7H14N4O/c1-2-4-7(12)9-5-3-6-10-11-8/h2-6H2,1H3,(H,9,12). The summed E-state index contributed by atoms with van der Waals surface area (Å²) in [6, 6.07) is 0. The van der Waals surface area contributed by atoms with Crippen molar-refractivity contribution in [3.63, 3.8) is 0 Å². The smallest absolute Gasteiger partial charge is 0.219 e. The van der Waals surface area contributed by atoms with Crippen molar-refractivity contribution in [1.82, 2.24) is 5.32 Å². The number of amides is 1. The highest BCUT2D eigenvalue weighted by Crippen LogP contribution is 1.86. The van der Waals surface area contributed by atoms with E-state index in [2.05, 4.69) is 15.3 Å². The molecular weight excluding hydrogens is 156 g/mol.